The van der Waals surface area contributed by atoms with Gasteiger partial charge in [-0.25, -0.2) is 0 Å². The second-order valence-corrected chi connectivity index (χ2v) is 4.61. The number of hydrogen-bond acceptors (Lipinski definition) is 3. The Morgan fingerprint density at radius 3 is 2.88 bits per heavy atom. The van der Waals surface area contributed by atoms with Gasteiger partial charge in [0.15, 0.2) is 0 Å². The van der Waals surface area contributed by atoms with Crippen molar-refractivity contribution in [1.82, 2.24) is 15.2 Å². The maximum atomic E-state index is 6.06. The van der Waals surface area contributed by atoms with Crippen molar-refractivity contribution in [2.24, 2.45) is 0 Å². The standard InChI is InChI=1S/C13H18N4/c14-11-2-1-3-12-13(11)10(8-16-12)9-17-6-4-15-5-7-17/h1-3,8,15-16H,4-7,9,14H2. The minimum absolute atomic E-state index is 0.869. The van der Waals surface area contributed by atoms with E-state index in [0.717, 1.165) is 43.9 Å². The van der Waals surface area contributed by atoms with Gasteiger partial charge in [0.25, 0.3) is 0 Å². The van der Waals surface area contributed by atoms with E-state index in [9.17, 15) is 0 Å². The molecule has 0 spiro atoms. The van der Waals surface area contributed by atoms with Gasteiger partial charge in [0.1, 0.15) is 0 Å². The summed E-state index contributed by atoms with van der Waals surface area (Å²) in [5.74, 6) is 0. The average molecular weight is 230 g/mol. The van der Waals surface area contributed by atoms with Crippen LogP contribution in [0.25, 0.3) is 10.9 Å². The fraction of sp³-hybridized carbons (Fsp3) is 0.385. The first-order chi connectivity index (χ1) is 8.34. The lowest BCUT2D eigenvalue weighted by Crippen LogP contribution is -2.42. The van der Waals surface area contributed by atoms with Gasteiger partial charge in [-0.1, -0.05) is 6.07 Å². The molecule has 0 saturated carbocycles. The Balaban J connectivity index is 1.89. The number of nitrogens with zero attached hydrogens (tertiary/aromatic N) is 1. The molecule has 4 N–H and O–H groups in total. The number of nitrogens with one attached hydrogen (secondary N) is 2. The van der Waals surface area contributed by atoms with Gasteiger partial charge in [-0.2, -0.15) is 0 Å². The van der Waals surface area contributed by atoms with E-state index in [4.69, 9.17) is 5.73 Å². The van der Waals surface area contributed by atoms with Crippen LogP contribution in [0.4, 0.5) is 5.69 Å². The molecule has 0 aliphatic carbocycles. The van der Waals surface area contributed by atoms with Crippen LogP contribution in [0.3, 0.4) is 0 Å². The fourth-order valence-electron chi connectivity index (χ4n) is 2.52. The lowest BCUT2D eigenvalue weighted by atomic mass is 10.1. The summed E-state index contributed by atoms with van der Waals surface area (Å²) in [6.07, 6.45) is 2.09. The monoisotopic (exact) mass is 230 g/mol. The number of nitrogens with two attached hydrogens (primary N) is 1. The molecule has 0 radical (unpaired) electrons. The molecule has 1 aromatic carbocycles. The minimum Gasteiger partial charge on any atom is -0.398 e. The van der Waals surface area contributed by atoms with E-state index < -0.39 is 0 Å². The Kier molecular flexibility index (Phi) is 2.74. The van der Waals surface area contributed by atoms with Gasteiger partial charge in [0.05, 0.1) is 0 Å². The summed E-state index contributed by atoms with van der Waals surface area (Å²) in [5.41, 5.74) is 9.36. The third kappa shape index (κ3) is 2.01. The van der Waals surface area contributed by atoms with Crippen LogP contribution in [-0.2, 0) is 6.54 Å². The highest BCUT2D eigenvalue weighted by molar-refractivity contribution is 5.93. The third-order valence-corrected chi connectivity index (χ3v) is 3.42. The number of benzene rings is 1. The molecule has 1 aromatic heterocycles. The third-order valence-electron chi connectivity index (χ3n) is 3.42. The van der Waals surface area contributed by atoms with Crippen molar-refractivity contribution in [3.05, 3.63) is 30.0 Å². The van der Waals surface area contributed by atoms with Crippen LogP contribution in [0.1, 0.15) is 5.56 Å². The number of hydrogen-bond donors (Lipinski definition) is 3. The van der Waals surface area contributed by atoms with Crippen molar-refractivity contribution in [3.8, 4) is 0 Å². The highest BCUT2D eigenvalue weighted by Crippen LogP contribution is 2.25. The van der Waals surface area contributed by atoms with Crippen molar-refractivity contribution in [1.29, 1.82) is 0 Å². The summed E-state index contributed by atoms with van der Waals surface area (Å²) in [6, 6.07) is 6.03. The van der Waals surface area contributed by atoms with E-state index in [0.29, 0.717) is 0 Å². The lowest BCUT2D eigenvalue weighted by molar-refractivity contribution is 0.234. The van der Waals surface area contributed by atoms with Crippen LogP contribution < -0.4 is 11.1 Å². The molecule has 2 heterocycles. The van der Waals surface area contributed by atoms with Gasteiger partial charge in [0, 0.05) is 55.5 Å². The summed E-state index contributed by atoms with van der Waals surface area (Å²) in [7, 11) is 0. The van der Waals surface area contributed by atoms with Gasteiger partial charge >= 0.3 is 0 Å². The van der Waals surface area contributed by atoms with Crippen molar-refractivity contribution >= 4 is 16.6 Å². The molecule has 1 fully saturated rings. The smallest absolute Gasteiger partial charge is 0.0478 e. The van der Waals surface area contributed by atoms with E-state index in [2.05, 4.69) is 27.5 Å². The highest BCUT2D eigenvalue weighted by atomic mass is 15.2. The van der Waals surface area contributed by atoms with Crippen LogP contribution >= 0.6 is 0 Å². The van der Waals surface area contributed by atoms with Gasteiger partial charge in [0.2, 0.25) is 0 Å². The second kappa shape index (κ2) is 4.39. The summed E-state index contributed by atoms with van der Waals surface area (Å²) in [5, 5.41) is 4.55. The zero-order valence-corrected chi connectivity index (χ0v) is 9.87. The molecule has 1 aliphatic rings. The largest absolute Gasteiger partial charge is 0.398 e. The maximum absolute atomic E-state index is 6.06. The van der Waals surface area contributed by atoms with Crippen LogP contribution in [0.2, 0.25) is 0 Å². The first kappa shape index (κ1) is 10.6. The Morgan fingerprint density at radius 1 is 1.24 bits per heavy atom. The molecular weight excluding hydrogens is 212 g/mol. The minimum atomic E-state index is 0.869. The molecule has 90 valence electrons. The number of nitrogen functional groups attached to an aromatic ring is 1. The fourth-order valence-corrected chi connectivity index (χ4v) is 2.52. The van der Waals surface area contributed by atoms with Crippen molar-refractivity contribution in [2.45, 2.75) is 6.54 Å². The Bertz CT molecular complexity index is 511. The molecule has 1 aliphatic heterocycles. The number of piperazine rings is 1. The normalized spacial score (nSPS) is 17.6. The van der Waals surface area contributed by atoms with Gasteiger partial charge in [-0.05, 0) is 17.7 Å². The van der Waals surface area contributed by atoms with Crippen molar-refractivity contribution in [2.75, 3.05) is 31.9 Å². The van der Waals surface area contributed by atoms with Crippen LogP contribution in [0.5, 0.6) is 0 Å². The van der Waals surface area contributed by atoms with E-state index in [1.165, 1.54) is 10.9 Å². The van der Waals surface area contributed by atoms with Crippen LogP contribution in [-0.4, -0.2) is 36.1 Å². The molecule has 4 nitrogen and oxygen atoms in total. The molecule has 1 saturated heterocycles. The summed E-state index contributed by atoms with van der Waals surface area (Å²) in [6.45, 7) is 5.37. The highest BCUT2D eigenvalue weighted by Gasteiger charge is 2.13. The van der Waals surface area contributed by atoms with Crippen LogP contribution in [0.15, 0.2) is 24.4 Å². The quantitative estimate of drug-likeness (QED) is 0.678. The molecule has 17 heavy (non-hydrogen) atoms. The average Bonchev–Trinajstić information content (AvgIpc) is 2.75. The first-order valence-corrected chi connectivity index (χ1v) is 6.12. The molecule has 0 bridgehead atoms. The molecule has 0 amide bonds. The number of rotatable bonds is 2. The van der Waals surface area contributed by atoms with Gasteiger partial charge < -0.3 is 16.0 Å². The van der Waals surface area contributed by atoms with Crippen LogP contribution in [0, 0.1) is 0 Å². The maximum Gasteiger partial charge on any atom is 0.0478 e. The second-order valence-electron chi connectivity index (χ2n) is 4.61. The molecule has 4 heteroatoms. The number of anilines is 1. The Hall–Kier alpha value is -1.52. The van der Waals surface area contributed by atoms with E-state index in [-0.39, 0.29) is 0 Å². The summed E-state index contributed by atoms with van der Waals surface area (Å²) >= 11 is 0. The predicted molar refractivity (Wildman–Crippen MR) is 70.9 cm³/mol. The zero-order chi connectivity index (χ0) is 11.7. The Labute approximate surface area is 101 Å². The number of fused-ring (bicyclic) bond motifs is 1. The van der Waals surface area contributed by atoms with E-state index >= 15 is 0 Å². The number of aromatic amines is 1. The van der Waals surface area contributed by atoms with Gasteiger partial charge in [-0.15, -0.1) is 0 Å². The molecular formula is C13H18N4. The lowest BCUT2D eigenvalue weighted by Gasteiger charge is -2.26. The number of aromatic nitrogens is 1. The molecule has 2 aromatic rings. The molecule has 0 atom stereocenters. The predicted octanol–water partition coefficient (Wildman–Crippen LogP) is 1.16. The molecule has 3 rings (SSSR count). The van der Waals surface area contributed by atoms with E-state index in [1.807, 2.05) is 12.1 Å². The van der Waals surface area contributed by atoms with E-state index in [1.54, 1.807) is 0 Å². The van der Waals surface area contributed by atoms with Crippen molar-refractivity contribution in [3.63, 3.8) is 0 Å². The zero-order valence-electron chi connectivity index (χ0n) is 9.87. The first-order valence-electron chi connectivity index (χ1n) is 6.12. The topological polar surface area (TPSA) is 57.1 Å². The summed E-state index contributed by atoms with van der Waals surface area (Å²) in [4.78, 5) is 5.76. The van der Waals surface area contributed by atoms with Crippen molar-refractivity contribution < 1.29 is 0 Å². The SMILES string of the molecule is Nc1cccc2[nH]cc(CN3CCNCC3)c12. The Morgan fingerprint density at radius 2 is 2.06 bits per heavy atom. The summed E-state index contributed by atoms with van der Waals surface area (Å²) < 4.78 is 0. The number of H-pyrrole nitrogens is 1. The molecule has 0 unspecified atom stereocenters. The van der Waals surface area contributed by atoms with Gasteiger partial charge in [-0.3, -0.25) is 4.90 Å².